The second kappa shape index (κ2) is 4.28. The summed E-state index contributed by atoms with van der Waals surface area (Å²) in [6.07, 6.45) is 0. The Kier molecular flexibility index (Phi) is 3.31. The first-order valence-corrected chi connectivity index (χ1v) is 4.56. The van der Waals surface area contributed by atoms with Crippen LogP contribution < -0.4 is 0 Å². The summed E-state index contributed by atoms with van der Waals surface area (Å²) in [5.41, 5.74) is 0.510. The molecular weight excluding hydrogens is 234 g/mol. The smallest absolute Gasteiger partial charge is 0.190 e. The number of nitrogens with zero attached hydrogens (tertiary/aromatic N) is 1. The van der Waals surface area contributed by atoms with Gasteiger partial charge in [-0.25, -0.2) is 0 Å². The monoisotopic (exact) mass is 241 g/mol. The van der Waals surface area contributed by atoms with E-state index in [2.05, 4.69) is 21.1 Å². The molecule has 0 saturated carbocycles. The number of hydrogen-bond acceptors (Lipinski definition) is 3. The van der Waals surface area contributed by atoms with Crippen LogP contribution in [-0.2, 0) is 0 Å². The van der Waals surface area contributed by atoms with E-state index in [1.165, 1.54) is 6.92 Å². The van der Waals surface area contributed by atoms with Crippen molar-refractivity contribution in [3.8, 4) is 0 Å². The molecule has 4 heteroatoms. The van der Waals surface area contributed by atoms with E-state index in [0.717, 1.165) is 4.47 Å². The average Bonchev–Trinajstić information content (AvgIpc) is 2.17. The zero-order valence-corrected chi connectivity index (χ0v) is 8.61. The van der Waals surface area contributed by atoms with Gasteiger partial charge in [-0.05, 0) is 19.1 Å². The average molecular weight is 242 g/mol. The van der Waals surface area contributed by atoms with Crippen molar-refractivity contribution in [3.63, 3.8) is 0 Å². The number of rotatable bonds is 3. The first kappa shape index (κ1) is 10.1. The second-order valence-electron chi connectivity index (χ2n) is 2.65. The molecule has 0 spiro atoms. The molecule has 0 radical (unpaired) electrons. The number of benzene rings is 1. The maximum absolute atomic E-state index is 11.4. The Morgan fingerprint density at radius 2 is 1.92 bits per heavy atom. The topological polar surface area (TPSA) is 46.5 Å². The van der Waals surface area contributed by atoms with Crippen molar-refractivity contribution in [3.05, 3.63) is 39.2 Å². The van der Waals surface area contributed by atoms with Gasteiger partial charge >= 0.3 is 0 Å². The largest absolute Gasteiger partial charge is 0.292 e. The summed E-state index contributed by atoms with van der Waals surface area (Å²) in [6, 6.07) is 6.03. The number of Topliss-reactive ketones (excluding diaryl/α,β-unsaturated/α-hetero) is 1. The van der Waals surface area contributed by atoms with Crippen LogP contribution in [0.15, 0.2) is 33.9 Å². The van der Waals surface area contributed by atoms with Crippen molar-refractivity contribution in [2.75, 3.05) is 0 Å². The van der Waals surface area contributed by atoms with Crippen molar-refractivity contribution < 1.29 is 4.79 Å². The van der Waals surface area contributed by atoms with E-state index in [9.17, 15) is 9.70 Å². The number of halogens is 1. The normalized spacial score (nSPS) is 12.2. The van der Waals surface area contributed by atoms with E-state index in [1.54, 1.807) is 24.3 Å². The van der Waals surface area contributed by atoms with Crippen LogP contribution in [0.5, 0.6) is 0 Å². The highest BCUT2D eigenvalue weighted by Gasteiger charge is 2.14. The molecule has 0 heterocycles. The molecule has 0 aliphatic carbocycles. The molecule has 0 aliphatic rings. The summed E-state index contributed by atoms with van der Waals surface area (Å²) in [4.78, 5) is 21.5. The molecule has 0 amide bonds. The Bertz CT molecular complexity index is 321. The number of carbonyl (C=O) groups excluding carboxylic acids is 1. The van der Waals surface area contributed by atoms with E-state index < -0.39 is 6.04 Å². The Hall–Kier alpha value is -1.03. The molecule has 0 bridgehead atoms. The molecule has 3 nitrogen and oxygen atoms in total. The standard InChI is InChI=1S/C9H8BrNO2/c1-6(11-13)9(12)7-2-4-8(10)5-3-7/h2-6H,1H3. The molecule has 1 atom stereocenters. The van der Waals surface area contributed by atoms with Crippen molar-refractivity contribution in [2.45, 2.75) is 13.0 Å². The van der Waals surface area contributed by atoms with Gasteiger partial charge in [0.1, 0.15) is 0 Å². The van der Waals surface area contributed by atoms with Gasteiger partial charge in [0.15, 0.2) is 11.8 Å². The van der Waals surface area contributed by atoms with E-state index in [0.29, 0.717) is 5.56 Å². The van der Waals surface area contributed by atoms with E-state index in [1.807, 2.05) is 0 Å². The fourth-order valence-electron chi connectivity index (χ4n) is 0.903. The first-order valence-electron chi connectivity index (χ1n) is 3.77. The van der Waals surface area contributed by atoms with Crippen LogP contribution in [0, 0.1) is 4.91 Å². The number of carbonyl (C=O) groups is 1. The van der Waals surface area contributed by atoms with Gasteiger partial charge in [0, 0.05) is 10.0 Å². The Balaban J connectivity index is 2.89. The van der Waals surface area contributed by atoms with Crippen molar-refractivity contribution in [1.82, 2.24) is 0 Å². The van der Waals surface area contributed by atoms with Crippen LogP contribution in [0.3, 0.4) is 0 Å². The van der Waals surface area contributed by atoms with Crippen LogP contribution in [-0.4, -0.2) is 11.8 Å². The van der Waals surface area contributed by atoms with Crippen LogP contribution >= 0.6 is 15.9 Å². The SMILES string of the molecule is CC(N=O)C(=O)c1ccc(Br)cc1. The van der Waals surface area contributed by atoms with Gasteiger partial charge in [-0.1, -0.05) is 33.2 Å². The fourth-order valence-corrected chi connectivity index (χ4v) is 1.17. The quantitative estimate of drug-likeness (QED) is 0.604. The van der Waals surface area contributed by atoms with Crippen LogP contribution in [0.2, 0.25) is 0 Å². The number of hydrogen-bond donors (Lipinski definition) is 0. The van der Waals surface area contributed by atoms with Gasteiger partial charge in [-0.2, -0.15) is 4.91 Å². The molecule has 0 fully saturated rings. The van der Waals surface area contributed by atoms with Gasteiger partial charge in [0.05, 0.1) is 0 Å². The zero-order chi connectivity index (χ0) is 9.84. The maximum Gasteiger partial charge on any atom is 0.190 e. The van der Waals surface area contributed by atoms with Gasteiger partial charge in [-0.15, -0.1) is 0 Å². The van der Waals surface area contributed by atoms with E-state index in [4.69, 9.17) is 0 Å². The number of nitroso groups, excluding NO2 is 1. The lowest BCUT2D eigenvalue weighted by atomic mass is 10.1. The predicted octanol–water partition coefficient (Wildman–Crippen LogP) is 2.79. The van der Waals surface area contributed by atoms with E-state index >= 15 is 0 Å². The summed E-state index contributed by atoms with van der Waals surface area (Å²) in [6.45, 7) is 1.48. The molecular formula is C9H8BrNO2. The van der Waals surface area contributed by atoms with Crippen molar-refractivity contribution in [1.29, 1.82) is 0 Å². The molecule has 68 valence electrons. The molecule has 1 aromatic carbocycles. The Morgan fingerprint density at radius 1 is 1.38 bits per heavy atom. The summed E-state index contributed by atoms with van der Waals surface area (Å²) in [5, 5.41) is 2.68. The lowest BCUT2D eigenvalue weighted by molar-refractivity contribution is 0.0968. The van der Waals surface area contributed by atoms with Gasteiger partial charge in [0.25, 0.3) is 0 Å². The fraction of sp³-hybridized carbons (Fsp3) is 0.222. The second-order valence-corrected chi connectivity index (χ2v) is 3.57. The molecule has 0 aromatic heterocycles. The van der Waals surface area contributed by atoms with Crippen molar-refractivity contribution >= 4 is 21.7 Å². The van der Waals surface area contributed by atoms with Gasteiger partial charge in [0.2, 0.25) is 0 Å². The van der Waals surface area contributed by atoms with Crippen LogP contribution in [0.25, 0.3) is 0 Å². The van der Waals surface area contributed by atoms with Gasteiger partial charge < -0.3 is 0 Å². The van der Waals surface area contributed by atoms with Crippen LogP contribution in [0.1, 0.15) is 17.3 Å². The highest BCUT2D eigenvalue weighted by molar-refractivity contribution is 9.10. The summed E-state index contributed by atoms with van der Waals surface area (Å²) >= 11 is 3.25. The minimum absolute atomic E-state index is 0.248. The van der Waals surface area contributed by atoms with Gasteiger partial charge in [-0.3, -0.25) is 4.79 Å². The first-order chi connectivity index (χ1) is 6.15. The summed E-state index contributed by atoms with van der Waals surface area (Å²) in [7, 11) is 0. The molecule has 0 aliphatic heterocycles. The van der Waals surface area contributed by atoms with Crippen LogP contribution in [0.4, 0.5) is 0 Å². The zero-order valence-electron chi connectivity index (χ0n) is 7.03. The summed E-state index contributed by atoms with van der Waals surface area (Å²) in [5.74, 6) is -0.248. The van der Waals surface area contributed by atoms with E-state index in [-0.39, 0.29) is 5.78 Å². The maximum atomic E-state index is 11.4. The third kappa shape index (κ3) is 2.45. The molecule has 13 heavy (non-hydrogen) atoms. The highest BCUT2D eigenvalue weighted by atomic mass is 79.9. The Labute approximate surface area is 84.3 Å². The Morgan fingerprint density at radius 3 is 2.38 bits per heavy atom. The summed E-state index contributed by atoms with van der Waals surface area (Å²) < 4.78 is 0.899. The highest BCUT2D eigenvalue weighted by Crippen LogP contribution is 2.12. The molecule has 0 saturated heterocycles. The molecule has 1 aromatic rings. The minimum Gasteiger partial charge on any atom is -0.292 e. The minimum atomic E-state index is -0.804. The van der Waals surface area contributed by atoms with Crippen molar-refractivity contribution in [2.24, 2.45) is 5.18 Å². The molecule has 1 rings (SSSR count). The third-order valence-corrected chi connectivity index (χ3v) is 2.19. The molecule has 1 unspecified atom stereocenters. The third-order valence-electron chi connectivity index (χ3n) is 1.67. The lowest BCUT2D eigenvalue weighted by Gasteiger charge is -2.01. The predicted molar refractivity (Wildman–Crippen MR) is 53.7 cm³/mol. The lowest BCUT2D eigenvalue weighted by Crippen LogP contribution is -2.13. The number of ketones is 1. The molecule has 0 N–H and O–H groups in total.